The highest BCUT2D eigenvalue weighted by Crippen LogP contribution is 2.28. The van der Waals surface area contributed by atoms with Crippen LogP contribution >= 0.6 is 23.2 Å². The molecular formula is C26H22Cl2N4O3. The van der Waals surface area contributed by atoms with Gasteiger partial charge < -0.3 is 15.4 Å². The van der Waals surface area contributed by atoms with Crippen LogP contribution < -0.4 is 10.2 Å². The number of oxime groups is 1. The molecule has 0 spiro atoms. The Morgan fingerprint density at radius 2 is 1.74 bits per heavy atom. The Kier molecular flexibility index (Phi) is 7.19. The van der Waals surface area contributed by atoms with Gasteiger partial charge in [0.1, 0.15) is 0 Å². The first kappa shape index (κ1) is 24.4. The Morgan fingerprint density at radius 3 is 2.43 bits per heavy atom. The smallest absolute Gasteiger partial charge is 0.272 e. The van der Waals surface area contributed by atoms with Gasteiger partial charge in [0.05, 0.1) is 33.1 Å². The van der Waals surface area contributed by atoms with E-state index >= 15 is 0 Å². The number of benzene rings is 3. The summed E-state index contributed by atoms with van der Waals surface area (Å²) in [4.78, 5) is 32.7. The van der Waals surface area contributed by atoms with Gasteiger partial charge in [-0.05, 0) is 25.1 Å². The van der Waals surface area contributed by atoms with Gasteiger partial charge in [-0.15, -0.1) is 0 Å². The number of carbonyl (C=O) groups excluding carboxylic acids is 2. The molecule has 0 aliphatic carbocycles. The first-order valence-corrected chi connectivity index (χ1v) is 11.6. The Bertz CT molecular complexity index is 1340. The molecule has 0 aromatic heterocycles. The van der Waals surface area contributed by atoms with Crippen molar-refractivity contribution in [2.24, 2.45) is 16.1 Å². The van der Waals surface area contributed by atoms with Gasteiger partial charge in [-0.2, -0.15) is 0 Å². The minimum absolute atomic E-state index is 0.0750. The molecule has 3 aromatic rings. The molecule has 1 aliphatic rings. The highest BCUT2D eigenvalue weighted by molar-refractivity contribution is 6.42. The molecule has 2 N–H and O–H groups in total. The van der Waals surface area contributed by atoms with Crippen LogP contribution in [0.1, 0.15) is 23.6 Å². The second-order valence-electron chi connectivity index (χ2n) is 8.01. The topological polar surface area (TPSA) is 94.4 Å². The van der Waals surface area contributed by atoms with E-state index in [-0.39, 0.29) is 10.7 Å². The number of carbonyl (C=O) groups is 2. The number of rotatable bonds is 5. The van der Waals surface area contributed by atoms with Crippen molar-refractivity contribution in [2.75, 3.05) is 11.9 Å². The third kappa shape index (κ3) is 4.92. The predicted molar refractivity (Wildman–Crippen MR) is 138 cm³/mol. The molecule has 2 amide bonds. The fraction of sp³-hybridized carbons (Fsp3) is 0.154. The minimum atomic E-state index is -1.19. The summed E-state index contributed by atoms with van der Waals surface area (Å²) in [5.41, 5.74) is 3.34. The van der Waals surface area contributed by atoms with Gasteiger partial charge in [-0.1, -0.05) is 83.0 Å². The summed E-state index contributed by atoms with van der Waals surface area (Å²) in [7, 11) is 1.64. The lowest BCUT2D eigenvalue weighted by molar-refractivity contribution is -0.128. The van der Waals surface area contributed by atoms with Crippen LogP contribution in [-0.4, -0.2) is 41.7 Å². The fourth-order valence-electron chi connectivity index (χ4n) is 3.88. The molecule has 1 unspecified atom stereocenters. The van der Waals surface area contributed by atoms with E-state index in [1.165, 1.54) is 11.0 Å². The number of aliphatic imine (C=N–C) groups is 1. The van der Waals surface area contributed by atoms with Crippen LogP contribution in [0.4, 0.5) is 5.69 Å². The summed E-state index contributed by atoms with van der Waals surface area (Å²) in [6.07, 6.45) is -1.19. The van der Waals surface area contributed by atoms with E-state index in [0.717, 1.165) is 11.1 Å². The first-order valence-electron chi connectivity index (χ1n) is 10.8. The fourth-order valence-corrected chi connectivity index (χ4v) is 4.17. The zero-order chi connectivity index (χ0) is 25.1. The molecule has 0 radical (unpaired) electrons. The van der Waals surface area contributed by atoms with Gasteiger partial charge in [0.15, 0.2) is 0 Å². The SMILES string of the molecule is CC(C(=O)N[C@H]1N=C(c2ccccc2)c2ccccc2N(C)C1=O)/C(=N\O)c1ccc(Cl)c(Cl)c1. The lowest BCUT2D eigenvalue weighted by Crippen LogP contribution is -2.48. The standard InChI is InChI=1S/C26H22Cl2N4O3/c1-15(22(31-35)17-12-13-19(27)20(28)14-17)25(33)30-24-26(34)32(2)21-11-7-6-10-18(21)23(29-24)16-8-4-3-5-9-16/h3-15,24,35H,1-2H3,(H,30,33)/b31-22+/t15?,24-/m1/s1. The van der Waals surface area contributed by atoms with Crippen LogP contribution in [0.5, 0.6) is 0 Å². The Hall–Kier alpha value is -3.68. The Labute approximate surface area is 212 Å². The molecule has 0 fully saturated rings. The summed E-state index contributed by atoms with van der Waals surface area (Å²) < 4.78 is 0. The van der Waals surface area contributed by atoms with E-state index in [1.807, 2.05) is 54.6 Å². The molecule has 1 aliphatic heterocycles. The number of amides is 2. The average Bonchev–Trinajstić information content (AvgIpc) is 2.97. The maximum absolute atomic E-state index is 13.3. The van der Waals surface area contributed by atoms with Crippen LogP contribution in [0.3, 0.4) is 0 Å². The van der Waals surface area contributed by atoms with Crippen molar-refractivity contribution in [1.82, 2.24) is 5.32 Å². The summed E-state index contributed by atoms with van der Waals surface area (Å²) in [6, 6.07) is 21.5. The van der Waals surface area contributed by atoms with E-state index in [2.05, 4.69) is 15.5 Å². The van der Waals surface area contributed by atoms with Gasteiger partial charge in [0.25, 0.3) is 5.91 Å². The summed E-state index contributed by atoms with van der Waals surface area (Å²) in [5, 5.41) is 16.3. The van der Waals surface area contributed by atoms with Crippen LogP contribution in [0.2, 0.25) is 10.0 Å². The van der Waals surface area contributed by atoms with Crippen molar-refractivity contribution >= 4 is 52.1 Å². The number of halogens is 2. The van der Waals surface area contributed by atoms with Gasteiger partial charge >= 0.3 is 0 Å². The van der Waals surface area contributed by atoms with Crippen molar-refractivity contribution in [3.8, 4) is 0 Å². The molecule has 4 rings (SSSR count). The molecule has 0 saturated carbocycles. The van der Waals surface area contributed by atoms with Gasteiger partial charge in [-0.25, -0.2) is 4.99 Å². The number of nitrogens with one attached hydrogen (secondary N) is 1. The number of benzodiazepines with no additional fused rings is 1. The van der Waals surface area contributed by atoms with Crippen LogP contribution in [-0.2, 0) is 9.59 Å². The van der Waals surface area contributed by atoms with E-state index in [9.17, 15) is 14.8 Å². The molecule has 178 valence electrons. The average molecular weight is 509 g/mol. The lowest BCUT2D eigenvalue weighted by Gasteiger charge is -2.22. The predicted octanol–water partition coefficient (Wildman–Crippen LogP) is 4.76. The van der Waals surface area contributed by atoms with Crippen LogP contribution in [0, 0.1) is 5.92 Å². The second-order valence-corrected chi connectivity index (χ2v) is 8.82. The molecule has 35 heavy (non-hydrogen) atoms. The summed E-state index contributed by atoms with van der Waals surface area (Å²) in [6.45, 7) is 1.56. The van der Waals surface area contributed by atoms with Crippen LogP contribution in [0.15, 0.2) is 82.9 Å². The molecule has 3 aromatic carbocycles. The number of hydrogen-bond acceptors (Lipinski definition) is 5. The molecule has 7 nitrogen and oxygen atoms in total. The molecule has 1 heterocycles. The molecule has 0 saturated heterocycles. The van der Waals surface area contributed by atoms with Crippen LogP contribution in [0.25, 0.3) is 0 Å². The Morgan fingerprint density at radius 1 is 1.06 bits per heavy atom. The second kappa shape index (κ2) is 10.3. The van der Waals surface area contributed by atoms with E-state index in [4.69, 9.17) is 23.2 Å². The highest BCUT2D eigenvalue weighted by atomic mass is 35.5. The third-order valence-electron chi connectivity index (χ3n) is 5.80. The van der Waals surface area contributed by atoms with E-state index in [1.54, 1.807) is 26.1 Å². The Balaban J connectivity index is 1.69. The van der Waals surface area contributed by atoms with Crippen molar-refractivity contribution in [3.05, 3.63) is 99.5 Å². The quantitative estimate of drug-likeness (QED) is 0.295. The maximum Gasteiger partial charge on any atom is 0.272 e. The number of likely N-dealkylation sites (N-methyl/N-ethyl adjacent to an activating group) is 1. The molecular weight excluding hydrogens is 487 g/mol. The van der Waals surface area contributed by atoms with Gasteiger partial charge in [-0.3, -0.25) is 9.59 Å². The third-order valence-corrected chi connectivity index (χ3v) is 6.53. The summed E-state index contributed by atoms with van der Waals surface area (Å²) >= 11 is 12.1. The monoisotopic (exact) mass is 508 g/mol. The largest absolute Gasteiger partial charge is 0.411 e. The number of nitrogens with zero attached hydrogens (tertiary/aromatic N) is 3. The van der Waals surface area contributed by atoms with Crippen molar-refractivity contribution in [2.45, 2.75) is 13.1 Å². The first-order chi connectivity index (χ1) is 16.8. The summed E-state index contributed by atoms with van der Waals surface area (Å²) in [5.74, 6) is -1.87. The molecule has 9 heteroatoms. The van der Waals surface area contributed by atoms with Gasteiger partial charge in [0.2, 0.25) is 12.1 Å². The minimum Gasteiger partial charge on any atom is -0.411 e. The zero-order valence-electron chi connectivity index (χ0n) is 18.9. The van der Waals surface area contributed by atoms with E-state index < -0.39 is 23.9 Å². The molecule has 2 atom stereocenters. The van der Waals surface area contributed by atoms with E-state index in [0.29, 0.717) is 22.0 Å². The number of para-hydroxylation sites is 1. The van der Waals surface area contributed by atoms with Crippen molar-refractivity contribution in [1.29, 1.82) is 0 Å². The number of hydrogen-bond donors (Lipinski definition) is 2. The maximum atomic E-state index is 13.3. The van der Waals surface area contributed by atoms with Crippen molar-refractivity contribution < 1.29 is 14.8 Å². The lowest BCUT2D eigenvalue weighted by atomic mass is 9.97. The molecule has 0 bridgehead atoms. The zero-order valence-corrected chi connectivity index (χ0v) is 20.5. The number of fused-ring (bicyclic) bond motifs is 1. The normalized spacial score (nSPS) is 16.7. The highest BCUT2D eigenvalue weighted by Gasteiger charge is 2.33. The number of anilines is 1. The van der Waals surface area contributed by atoms with Gasteiger partial charge in [0, 0.05) is 23.7 Å². The van der Waals surface area contributed by atoms with Crippen molar-refractivity contribution in [3.63, 3.8) is 0 Å².